The average Bonchev–Trinajstić information content (AvgIpc) is 2.64. The summed E-state index contributed by atoms with van der Waals surface area (Å²) < 4.78 is 17.9. The Morgan fingerprint density at radius 3 is 2.54 bits per heavy atom. The first-order chi connectivity index (χ1) is 11.8. The molecule has 0 amide bonds. The summed E-state index contributed by atoms with van der Waals surface area (Å²) in [5.74, 6) is 1.50. The van der Waals surface area contributed by atoms with Gasteiger partial charge in [0.05, 0.1) is 24.8 Å². The molecular weight excluding hydrogens is 370 g/mol. The number of morpholine rings is 1. The molecule has 0 spiro atoms. The minimum Gasteiger partial charge on any atom is -0.493 e. The molecule has 5 heteroatoms. The van der Waals surface area contributed by atoms with E-state index in [-0.39, 0.29) is 0 Å². The quantitative estimate of drug-likeness (QED) is 0.747. The van der Waals surface area contributed by atoms with Crippen LogP contribution in [0.25, 0.3) is 0 Å². The van der Waals surface area contributed by atoms with E-state index in [1.54, 1.807) is 7.11 Å². The molecule has 1 saturated heterocycles. The lowest BCUT2D eigenvalue weighted by atomic mass is 10.1. The lowest BCUT2D eigenvalue weighted by Gasteiger charge is -2.27. The van der Waals surface area contributed by atoms with Gasteiger partial charge in [-0.2, -0.15) is 0 Å². The van der Waals surface area contributed by atoms with E-state index < -0.39 is 0 Å². The smallest absolute Gasteiger partial charge is 0.176 e. The van der Waals surface area contributed by atoms with Crippen molar-refractivity contribution in [1.29, 1.82) is 0 Å². The zero-order chi connectivity index (χ0) is 16.8. The molecule has 128 valence electrons. The number of methoxy groups -OCH3 is 1. The number of halogens is 1. The molecule has 0 bridgehead atoms. The van der Waals surface area contributed by atoms with Gasteiger partial charge in [0.15, 0.2) is 11.5 Å². The van der Waals surface area contributed by atoms with Crippen LogP contribution in [0.5, 0.6) is 11.5 Å². The molecule has 0 radical (unpaired) electrons. The van der Waals surface area contributed by atoms with E-state index >= 15 is 0 Å². The van der Waals surface area contributed by atoms with Gasteiger partial charge in [0.25, 0.3) is 0 Å². The third-order valence-electron chi connectivity index (χ3n) is 4.08. The first kappa shape index (κ1) is 17.3. The third-order valence-corrected chi connectivity index (χ3v) is 4.95. The lowest BCUT2D eigenvalue weighted by Crippen LogP contribution is -2.35. The monoisotopic (exact) mass is 391 g/mol. The van der Waals surface area contributed by atoms with E-state index in [1.807, 2.05) is 24.3 Å². The summed E-state index contributed by atoms with van der Waals surface area (Å²) in [6.07, 6.45) is 0. The summed E-state index contributed by atoms with van der Waals surface area (Å²) in [4.78, 5) is 2.39. The minimum atomic E-state index is 0.511. The summed E-state index contributed by atoms with van der Waals surface area (Å²) in [6, 6.07) is 14.2. The summed E-state index contributed by atoms with van der Waals surface area (Å²) in [6.45, 7) is 4.89. The summed E-state index contributed by atoms with van der Waals surface area (Å²) in [5, 5.41) is 0. The van der Waals surface area contributed by atoms with Gasteiger partial charge in [0.2, 0.25) is 0 Å². The van der Waals surface area contributed by atoms with Gasteiger partial charge in [-0.25, -0.2) is 0 Å². The molecule has 2 aromatic carbocycles. The Balaban J connectivity index is 1.76. The van der Waals surface area contributed by atoms with Gasteiger partial charge in [0.1, 0.15) is 6.61 Å². The molecule has 2 aromatic rings. The van der Waals surface area contributed by atoms with Gasteiger partial charge in [-0.15, -0.1) is 0 Å². The molecule has 0 saturated carbocycles. The van der Waals surface area contributed by atoms with Crippen LogP contribution in [0.1, 0.15) is 11.1 Å². The molecule has 0 aliphatic carbocycles. The van der Waals surface area contributed by atoms with E-state index in [9.17, 15) is 0 Å². The van der Waals surface area contributed by atoms with Crippen molar-refractivity contribution in [2.24, 2.45) is 0 Å². The van der Waals surface area contributed by atoms with E-state index in [1.165, 1.54) is 5.56 Å². The van der Waals surface area contributed by atoms with E-state index in [4.69, 9.17) is 14.2 Å². The van der Waals surface area contributed by atoms with Crippen LogP contribution in [0.15, 0.2) is 46.9 Å². The fourth-order valence-corrected chi connectivity index (χ4v) is 3.29. The third kappa shape index (κ3) is 4.29. The standard InChI is InChI=1S/C19H22BrNO3/c1-22-17-8-7-16(13-21-9-11-23-12-10-21)18(20)19(17)24-14-15-5-3-2-4-6-15/h2-8H,9-14H2,1H3. The summed E-state index contributed by atoms with van der Waals surface area (Å²) in [7, 11) is 1.67. The fraction of sp³-hybridized carbons (Fsp3) is 0.368. The normalized spacial score (nSPS) is 15.2. The Morgan fingerprint density at radius 2 is 1.83 bits per heavy atom. The highest BCUT2D eigenvalue weighted by Gasteiger charge is 2.17. The van der Waals surface area contributed by atoms with E-state index in [2.05, 4.69) is 39.0 Å². The number of hydrogen-bond acceptors (Lipinski definition) is 4. The molecule has 0 atom stereocenters. The molecular formula is C19H22BrNO3. The Morgan fingerprint density at radius 1 is 1.08 bits per heavy atom. The van der Waals surface area contributed by atoms with Crippen molar-refractivity contribution in [3.8, 4) is 11.5 Å². The maximum atomic E-state index is 6.06. The van der Waals surface area contributed by atoms with E-state index in [0.717, 1.165) is 54.4 Å². The Hall–Kier alpha value is -1.56. The second-order valence-corrected chi connectivity index (χ2v) is 6.53. The maximum Gasteiger partial charge on any atom is 0.176 e. The van der Waals surface area contributed by atoms with Crippen LogP contribution in [-0.2, 0) is 17.9 Å². The van der Waals surface area contributed by atoms with Crippen molar-refractivity contribution in [2.75, 3.05) is 33.4 Å². The van der Waals surface area contributed by atoms with Crippen LogP contribution >= 0.6 is 15.9 Å². The molecule has 3 rings (SSSR count). The van der Waals surface area contributed by atoms with Crippen molar-refractivity contribution >= 4 is 15.9 Å². The largest absolute Gasteiger partial charge is 0.493 e. The van der Waals surface area contributed by atoms with Crippen molar-refractivity contribution in [2.45, 2.75) is 13.2 Å². The molecule has 4 nitrogen and oxygen atoms in total. The predicted molar refractivity (Wildman–Crippen MR) is 97.6 cm³/mol. The number of ether oxygens (including phenoxy) is 3. The van der Waals surface area contributed by atoms with E-state index in [0.29, 0.717) is 6.61 Å². The highest BCUT2D eigenvalue weighted by Crippen LogP contribution is 2.38. The van der Waals surface area contributed by atoms with Crippen molar-refractivity contribution < 1.29 is 14.2 Å². The van der Waals surface area contributed by atoms with Crippen molar-refractivity contribution in [3.05, 3.63) is 58.1 Å². The summed E-state index contributed by atoms with van der Waals surface area (Å²) in [5.41, 5.74) is 2.32. The van der Waals surface area contributed by atoms with Crippen LogP contribution in [-0.4, -0.2) is 38.3 Å². The maximum absolute atomic E-state index is 6.06. The Labute approximate surface area is 151 Å². The van der Waals surface area contributed by atoms with Gasteiger partial charge in [0, 0.05) is 19.6 Å². The van der Waals surface area contributed by atoms with Gasteiger partial charge in [-0.3, -0.25) is 4.90 Å². The Kier molecular flexibility index (Phi) is 6.12. The van der Waals surface area contributed by atoms with Gasteiger partial charge in [-0.05, 0) is 33.1 Å². The highest BCUT2D eigenvalue weighted by molar-refractivity contribution is 9.10. The average molecular weight is 392 g/mol. The predicted octanol–water partition coefficient (Wildman–Crippen LogP) is 3.87. The number of benzene rings is 2. The molecule has 0 N–H and O–H groups in total. The Bertz CT molecular complexity index is 657. The number of rotatable bonds is 6. The van der Waals surface area contributed by atoms with Gasteiger partial charge in [-0.1, -0.05) is 36.4 Å². The second-order valence-electron chi connectivity index (χ2n) is 5.73. The minimum absolute atomic E-state index is 0.511. The molecule has 0 unspecified atom stereocenters. The molecule has 24 heavy (non-hydrogen) atoms. The first-order valence-corrected chi connectivity index (χ1v) is 8.89. The second kappa shape index (κ2) is 8.51. The fourth-order valence-electron chi connectivity index (χ4n) is 2.73. The summed E-state index contributed by atoms with van der Waals surface area (Å²) >= 11 is 3.71. The van der Waals surface area contributed by atoms with Crippen LogP contribution in [0.3, 0.4) is 0 Å². The molecule has 1 aliphatic rings. The molecule has 1 heterocycles. The zero-order valence-corrected chi connectivity index (χ0v) is 15.4. The van der Waals surface area contributed by atoms with Gasteiger partial charge < -0.3 is 14.2 Å². The molecule has 0 aromatic heterocycles. The van der Waals surface area contributed by atoms with Crippen LogP contribution in [0.4, 0.5) is 0 Å². The first-order valence-electron chi connectivity index (χ1n) is 8.10. The van der Waals surface area contributed by atoms with Crippen molar-refractivity contribution in [3.63, 3.8) is 0 Å². The van der Waals surface area contributed by atoms with Crippen molar-refractivity contribution in [1.82, 2.24) is 4.90 Å². The lowest BCUT2D eigenvalue weighted by molar-refractivity contribution is 0.0340. The van der Waals surface area contributed by atoms with Crippen LogP contribution in [0.2, 0.25) is 0 Å². The van der Waals surface area contributed by atoms with Crippen LogP contribution in [0, 0.1) is 0 Å². The zero-order valence-electron chi connectivity index (χ0n) is 13.8. The highest BCUT2D eigenvalue weighted by atomic mass is 79.9. The topological polar surface area (TPSA) is 30.9 Å². The molecule has 1 aliphatic heterocycles. The number of hydrogen-bond donors (Lipinski definition) is 0. The van der Waals surface area contributed by atoms with Crippen LogP contribution < -0.4 is 9.47 Å². The van der Waals surface area contributed by atoms with Gasteiger partial charge >= 0.3 is 0 Å². The molecule has 1 fully saturated rings. The number of nitrogens with zero attached hydrogens (tertiary/aromatic N) is 1. The SMILES string of the molecule is COc1ccc(CN2CCOCC2)c(Br)c1OCc1ccccc1.